The molecule has 0 bridgehead atoms. The maximum Gasteiger partial charge on any atom is 0.416 e. The fourth-order valence-corrected chi connectivity index (χ4v) is 2.22. The molecule has 96 valence electrons. The standard InChI is InChI=1S/C13H12F3NS/c14-13(15,16)12-3-1-10(2-4-12)7-17-8-11-5-6-18-9-11/h1-6,9,17H,7-8H2. The number of benzene rings is 1. The van der Waals surface area contributed by atoms with Crippen LogP contribution in [0.3, 0.4) is 0 Å². The first-order valence-corrected chi connectivity index (χ1v) is 6.38. The van der Waals surface area contributed by atoms with Crippen molar-refractivity contribution in [3.05, 3.63) is 57.8 Å². The number of nitrogens with one attached hydrogen (secondary N) is 1. The highest BCUT2D eigenvalue weighted by Gasteiger charge is 2.29. The molecule has 0 unspecified atom stereocenters. The van der Waals surface area contributed by atoms with Crippen molar-refractivity contribution in [3.63, 3.8) is 0 Å². The Morgan fingerprint density at radius 3 is 2.17 bits per heavy atom. The van der Waals surface area contributed by atoms with Gasteiger partial charge in [0.2, 0.25) is 0 Å². The predicted octanol–water partition coefficient (Wildman–Crippen LogP) is 4.06. The van der Waals surface area contributed by atoms with Gasteiger partial charge < -0.3 is 5.32 Å². The van der Waals surface area contributed by atoms with E-state index in [1.54, 1.807) is 11.3 Å². The fraction of sp³-hybridized carbons (Fsp3) is 0.231. The van der Waals surface area contributed by atoms with Gasteiger partial charge in [-0.3, -0.25) is 0 Å². The minimum absolute atomic E-state index is 0.563. The molecular formula is C13H12F3NS. The van der Waals surface area contributed by atoms with Crippen molar-refractivity contribution in [1.29, 1.82) is 0 Å². The summed E-state index contributed by atoms with van der Waals surface area (Å²) in [5.41, 5.74) is 1.43. The summed E-state index contributed by atoms with van der Waals surface area (Å²) in [6, 6.07) is 7.25. The van der Waals surface area contributed by atoms with Crippen LogP contribution in [0.15, 0.2) is 41.1 Å². The lowest BCUT2D eigenvalue weighted by Crippen LogP contribution is -2.12. The maximum atomic E-state index is 12.3. The van der Waals surface area contributed by atoms with E-state index in [1.165, 1.54) is 17.7 Å². The minimum Gasteiger partial charge on any atom is -0.309 e. The van der Waals surface area contributed by atoms with Crippen molar-refractivity contribution in [2.45, 2.75) is 19.3 Å². The van der Waals surface area contributed by atoms with E-state index in [-0.39, 0.29) is 0 Å². The molecule has 0 amide bonds. The first-order chi connectivity index (χ1) is 8.55. The highest BCUT2D eigenvalue weighted by atomic mass is 32.1. The summed E-state index contributed by atoms with van der Waals surface area (Å²) >= 11 is 1.63. The Morgan fingerprint density at radius 2 is 1.61 bits per heavy atom. The van der Waals surface area contributed by atoms with Crippen LogP contribution in [-0.2, 0) is 19.3 Å². The molecule has 1 heterocycles. The summed E-state index contributed by atoms with van der Waals surface area (Å²) in [7, 11) is 0. The van der Waals surface area contributed by atoms with Crippen molar-refractivity contribution >= 4 is 11.3 Å². The second-order valence-corrected chi connectivity index (χ2v) is 4.71. The van der Waals surface area contributed by atoms with Crippen LogP contribution in [0.4, 0.5) is 13.2 Å². The van der Waals surface area contributed by atoms with Gasteiger partial charge in [0.15, 0.2) is 0 Å². The molecule has 1 nitrogen and oxygen atoms in total. The second-order valence-electron chi connectivity index (χ2n) is 3.93. The Hall–Kier alpha value is -1.33. The Kier molecular flexibility index (Phi) is 4.04. The van der Waals surface area contributed by atoms with Crippen LogP contribution in [0.25, 0.3) is 0 Å². The highest BCUT2D eigenvalue weighted by molar-refractivity contribution is 7.07. The monoisotopic (exact) mass is 271 g/mol. The number of halogens is 3. The van der Waals surface area contributed by atoms with Crippen LogP contribution < -0.4 is 5.32 Å². The van der Waals surface area contributed by atoms with Gasteiger partial charge in [0.1, 0.15) is 0 Å². The van der Waals surface area contributed by atoms with E-state index in [2.05, 4.69) is 5.32 Å². The van der Waals surface area contributed by atoms with E-state index >= 15 is 0 Å². The molecule has 0 atom stereocenters. The molecule has 0 fully saturated rings. The zero-order chi connectivity index (χ0) is 13.0. The average Bonchev–Trinajstić information content (AvgIpc) is 2.82. The van der Waals surface area contributed by atoms with Crippen LogP contribution in [0.1, 0.15) is 16.7 Å². The smallest absolute Gasteiger partial charge is 0.309 e. The first kappa shape index (κ1) is 13.1. The normalized spacial score (nSPS) is 11.7. The largest absolute Gasteiger partial charge is 0.416 e. The number of hydrogen-bond donors (Lipinski definition) is 1. The molecule has 5 heteroatoms. The van der Waals surface area contributed by atoms with Crippen LogP contribution >= 0.6 is 11.3 Å². The molecule has 0 spiro atoms. The average molecular weight is 271 g/mol. The van der Waals surface area contributed by atoms with Gasteiger partial charge in [-0.05, 0) is 40.1 Å². The topological polar surface area (TPSA) is 12.0 Å². The SMILES string of the molecule is FC(F)(F)c1ccc(CNCc2ccsc2)cc1. The third-order valence-electron chi connectivity index (χ3n) is 2.52. The van der Waals surface area contributed by atoms with Crippen molar-refractivity contribution in [3.8, 4) is 0 Å². The molecule has 18 heavy (non-hydrogen) atoms. The lowest BCUT2D eigenvalue weighted by atomic mass is 10.1. The Morgan fingerprint density at radius 1 is 0.944 bits per heavy atom. The van der Waals surface area contributed by atoms with E-state index in [4.69, 9.17) is 0 Å². The van der Waals surface area contributed by atoms with E-state index in [9.17, 15) is 13.2 Å². The summed E-state index contributed by atoms with van der Waals surface area (Å²) in [5.74, 6) is 0. The zero-order valence-electron chi connectivity index (χ0n) is 9.50. The second kappa shape index (κ2) is 5.54. The molecule has 1 N–H and O–H groups in total. The van der Waals surface area contributed by atoms with Gasteiger partial charge in [-0.2, -0.15) is 24.5 Å². The Bertz CT molecular complexity index is 474. The van der Waals surface area contributed by atoms with E-state index in [0.717, 1.165) is 24.2 Å². The van der Waals surface area contributed by atoms with Gasteiger partial charge in [-0.1, -0.05) is 12.1 Å². The summed E-state index contributed by atoms with van der Waals surface area (Å²) in [6.07, 6.45) is -4.26. The molecular weight excluding hydrogens is 259 g/mol. The van der Waals surface area contributed by atoms with E-state index in [1.807, 2.05) is 16.8 Å². The molecule has 2 aromatic rings. The number of hydrogen-bond acceptors (Lipinski definition) is 2. The maximum absolute atomic E-state index is 12.3. The quantitative estimate of drug-likeness (QED) is 0.884. The Labute approximate surface area is 107 Å². The van der Waals surface area contributed by atoms with E-state index < -0.39 is 11.7 Å². The molecule has 0 aliphatic heterocycles. The van der Waals surface area contributed by atoms with Crippen LogP contribution in [0.5, 0.6) is 0 Å². The third-order valence-corrected chi connectivity index (χ3v) is 3.25. The molecule has 0 radical (unpaired) electrons. The predicted molar refractivity (Wildman–Crippen MR) is 66.3 cm³/mol. The number of alkyl halides is 3. The van der Waals surface area contributed by atoms with Gasteiger partial charge in [0.25, 0.3) is 0 Å². The van der Waals surface area contributed by atoms with Crippen LogP contribution in [-0.4, -0.2) is 0 Å². The summed E-state index contributed by atoms with van der Waals surface area (Å²) < 4.78 is 37.0. The van der Waals surface area contributed by atoms with Crippen molar-refractivity contribution in [2.24, 2.45) is 0 Å². The lowest BCUT2D eigenvalue weighted by molar-refractivity contribution is -0.137. The van der Waals surface area contributed by atoms with Crippen molar-refractivity contribution in [1.82, 2.24) is 5.32 Å². The van der Waals surface area contributed by atoms with Gasteiger partial charge in [-0.15, -0.1) is 0 Å². The minimum atomic E-state index is -4.26. The lowest BCUT2D eigenvalue weighted by Gasteiger charge is -2.08. The highest BCUT2D eigenvalue weighted by Crippen LogP contribution is 2.29. The van der Waals surface area contributed by atoms with Gasteiger partial charge in [-0.25, -0.2) is 0 Å². The summed E-state index contributed by atoms with van der Waals surface area (Å²) in [5, 5.41) is 7.22. The molecule has 1 aromatic carbocycles. The number of thiophene rings is 1. The van der Waals surface area contributed by atoms with Gasteiger partial charge >= 0.3 is 6.18 Å². The number of rotatable bonds is 4. The molecule has 2 rings (SSSR count). The molecule has 0 aliphatic rings. The Balaban J connectivity index is 1.87. The van der Waals surface area contributed by atoms with E-state index in [0.29, 0.717) is 6.54 Å². The van der Waals surface area contributed by atoms with Crippen molar-refractivity contribution < 1.29 is 13.2 Å². The van der Waals surface area contributed by atoms with Gasteiger partial charge in [0, 0.05) is 13.1 Å². The summed E-state index contributed by atoms with van der Waals surface area (Å²) in [6.45, 7) is 1.29. The molecule has 0 saturated carbocycles. The first-order valence-electron chi connectivity index (χ1n) is 5.43. The fourth-order valence-electron chi connectivity index (χ4n) is 1.56. The van der Waals surface area contributed by atoms with Crippen LogP contribution in [0, 0.1) is 0 Å². The van der Waals surface area contributed by atoms with Gasteiger partial charge in [0.05, 0.1) is 5.56 Å². The molecule has 1 aromatic heterocycles. The molecule has 0 saturated heterocycles. The zero-order valence-corrected chi connectivity index (χ0v) is 10.3. The van der Waals surface area contributed by atoms with Crippen LogP contribution in [0.2, 0.25) is 0 Å². The third kappa shape index (κ3) is 3.58. The summed E-state index contributed by atoms with van der Waals surface area (Å²) in [4.78, 5) is 0. The van der Waals surface area contributed by atoms with Crippen molar-refractivity contribution in [2.75, 3.05) is 0 Å². The molecule has 0 aliphatic carbocycles.